The lowest BCUT2D eigenvalue weighted by molar-refractivity contribution is 0.0210. The molecule has 1 aliphatic carbocycles. The maximum Gasteiger partial charge on any atom is 0.341 e. The van der Waals surface area contributed by atoms with E-state index in [9.17, 15) is 14.4 Å². The van der Waals surface area contributed by atoms with E-state index in [1.807, 2.05) is 0 Å². The van der Waals surface area contributed by atoms with Crippen LogP contribution in [-0.4, -0.2) is 42.7 Å². The zero-order valence-corrected chi connectivity index (χ0v) is 19.8. The van der Waals surface area contributed by atoms with Crippen LogP contribution in [-0.2, 0) is 14.2 Å². The maximum atomic E-state index is 12.7. The molecule has 1 saturated carbocycles. The zero-order chi connectivity index (χ0) is 24.8. The predicted molar refractivity (Wildman–Crippen MR) is 131 cm³/mol. The SMILES string of the molecule is CCOC(=O)c1cnc2ccc(C(=O)OC)cc2c1Nc1ccc(C(=O)OC2CCCCC2)cc1. The highest BCUT2D eigenvalue weighted by Gasteiger charge is 2.20. The molecule has 0 bridgehead atoms. The first-order chi connectivity index (χ1) is 17.0. The van der Waals surface area contributed by atoms with Gasteiger partial charge in [0, 0.05) is 17.3 Å². The van der Waals surface area contributed by atoms with E-state index in [1.54, 1.807) is 49.4 Å². The molecule has 0 aliphatic heterocycles. The van der Waals surface area contributed by atoms with Crippen LogP contribution < -0.4 is 5.32 Å². The van der Waals surface area contributed by atoms with Crippen LogP contribution in [0.2, 0.25) is 0 Å². The molecule has 0 radical (unpaired) electrons. The molecule has 1 heterocycles. The Hall–Kier alpha value is -3.94. The molecule has 0 saturated heterocycles. The number of ether oxygens (including phenoxy) is 3. The minimum absolute atomic E-state index is 0.0200. The fraction of sp³-hybridized carbons (Fsp3) is 0.333. The number of nitrogens with zero attached hydrogens (tertiary/aromatic N) is 1. The summed E-state index contributed by atoms with van der Waals surface area (Å²) in [5.41, 5.74) is 2.67. The highest BCUT2D eigenvalue weighted by molar-refractivity contribution is 6.07. The molecule has 4 rings (SSSR count). The monoisotopic (exact) mass is 476 g/mol. The lowest BCUT2D eigenvalue weighted by Gasteiger charge is -2.21. The van der Waals surface area contributed by atoms with Crippen molar-refractivity contribution in [2.24, 2.45) is 0 Å². The van der Waals surface area contributed by atoms with E-state index < -0.39 is 11.9 Å². The number of carbonyl (C=O) groups is 3. The second-order valence-corrected chi connectivity index (χ2v) is 8.36. The van der Waals surface area contributed by atoms with Gasteiger partial charge in [0.1, 0.15) is 11.7 Å². The number of carbonyl (C=O) groups excluding carboxylic acids is 3. The number of esters is 3. The molecule has 1 N–H and O–H groups in total. The van der Waals surface area contributed by atoms with Crippen molar-refractivity contribution >= 4 is 40.2 Å². The Bertz CT molecular complexity index is 1230. The Morgan fingerprint density at radius 3 is 2.34 bits per heavy atom. The zero-order valence-electron chi connectivity index (χ0n) is 19.8. The van der Waals surface area contributed by atoms with Gasteiger partial charge in [0.25, 0.3) is 0 Å². The number of aromatic nitrogens is 1. The highest BCUT2D eigenvalue weighted by Crippen LogP contribution is 2.31. The topological polar surface area (TPSA) is 104 Å². The van der Waals surface area contributed by atoms with Gasteiger partial charge < -0.3 is 19.5 Å². The molecule has 35 heavy (non-hydrogen) atoms. The van der Waals surface area contributed by atoms with Crippen molar-refractivity contribution in [3.63, 3.8) is 0 Å². The van der Waals surface area contributed by atoms with Gasteiger partial charge in [-0.1, -0.05) is 6.42 Å². The number of nitrogens with one attached hydrogen (secondary N) is 1. The lowest BCUT2D eigenvalue weighted by Crippen LogP contribution is -2.20. The van der Waals surface area contributed by atoms with E-state index in [-0.39, 0.29) is 24.2 Å². The third-order valence-corrected chi connectivity index (χ3v) is 6.00. The third kappa shape index (κ3) is 5.59. The summed E-state index contributed by atoms with van der Waals surface area (Å²) in [7, 11) is 1.31. The second-order valence-electron chi connectivity index (χ2n) is 8.36. The molecule has 1 aliphatic rings. The number of pyridine rings is 1. The summed E-state index contributed by atoms with van der Waals surface area (Å²) < 4.78 is 15.7. The third-order valence-electron chi connectivity index (χ3n) is 6.00. The first-order valence-corrected chi connectivity index (χ1v) is 11.8. The van der Waals surface area contributed by atoms with Crippen molar-refractivity contribution in [3.8, 4) is 0 Å². The Morgan fingerprint density at radius 1 is 0.943 bits per heavy atom. The molecule has 3 aromatic rings. The first kappa shape index (κ1) is 24.2. The summed E-state index contributed by atoms with van der Waals surface area (Å²) >= 11 is 0. The molecule has 0 amide bonds. The van der Waals surface area contributed by atoms with Crippen molar-refractivity contribution in [3.05, 3.63) is 65.4 Å². The molecule has 2 aromatic carbocycles. The van der Waals surface area contributed by atoms with E-state index in [0.29, 0.717) is 33.4 Å². The standard InChI is InChI=1S/C27H28N2O6/c1-3-34-27(32)22-16-28-23-14-11-18(25(30)33-2)15-21(23)24(22)29-19-12-9-17(10-13-19)26(31)35-20-7-5-4-6-8-20/h9-16,20H,3-8H2,1-2H3,(H,28,29). The minimum Gasteiger partial charge on any atom is -0.465 e. The van der Waals surface area contributed by atoms with E-state index >= 15 is 0 Å². The van der Waals surface area contributed by atoms with Crippen LogP contribution in [0.3, 0.4) is 0 Å². The predicted octanol–water partition coefficient (Wildman–Crippen LogP) is 5.43. The summed E-state index contributed by atoms with van der Waals surface area (Å²) in [6.07, 6.45) is 6.59. The minimum atomic E-state index is -0.541. The van der Waals surface area contributed by atoms with Crippen molar-refractivity contribution in [2.45, 2.75) is 45.1 Å². The van der Waals surface area contributed by atoms with Gasteiger partial charge in [0.15, 0.2) is 0 Å². The van der Waals surface area contributed by atoms with Crippen LogP contribution in [0.4, 0.5) is 11.4 Å². The van der Waals surface area contributed by atoms with Gasteiger partial charge in [-0.3, -0.25) is 4.98 Å². The van der Waals surface area contributed by atoms with Gasteiger partial charge in [-0.15, -0.1) is 0 Å². The number of methoxy groups -OCH3 is 1. The highest BCUT2D eigenvalue weighted by atomic mass is 16.5. The number of rotatable bonds is 7. The van der Waals surface area contributed by atoms with Crippen LogP contribution in [0.15, 0.2) is 48.7 Å². The molecule has 1 fully saturated rings. The van der Waals surface area contributed by atoms with Gasteiger partial charge in [-0.25, -0.2) is 14.4 Å². The molecule has 0 atom stereocenters. The Kier molecular flexibility index (Phi) is 7.60. The average molecular weight is 477 g/mol. The average Bonchev–Trinajstić information content (AvgIpc) is 2.89. The molecule has 0 spiro atoms. The van der Waals surface area contributed by atoms with Crippen LogP contribution >= 0.6 is 0 Å². The van der Waals surface area contributed by atoms with Crippen molar-refractivity contribution in [1.29, 1.82) is 0 Å². The summed E-state index contributed by atoms with van der Waals surface area (Å²) in [4.78, 5) is 41.6. The first-order valence-electron chi connectivity index (χ1n) is 11.8. The molecular formula is C27H28N2O6. The second kappa shape index (κ2) is 11.0. The van der Waals surface area contributed by atoms with Crippen LogP contribution in [0.25, 0.3) is 10.9 Å². The number of fused-ring (bicyclic) bond motifs is 1. The van der Waals surface area contributed by atoms with Crippen molar-refractivity contribution in [1.82, 2.24) is 4.98 Å². The van der Waals surface area contributed by atoms with Gasteiger partial charge >= 0.3 is 17.9 Å². The number of benzene rings is 2. The molecule has 0 unspecified atom stereocenters. The fourth-order valence-corrected chi connectivity index (χ4v) is 4.17. The summed E-state index contributed by atoms with van der Waals surface area (Å²) in [6, 6.07) is 11.8. The van der Waals surface area contributed by atoms with Crippen LogP contribution in [0.1, 0.15) is 70.1 Å². The number of hydrogen-bond acceptors (Lipinski definition) is 8. The number of hydrogen-bond donors (Lipinski definition) is 1. The molecular weight excluding hydrogens is 448 g/mol. The molecule has 182 valence electrons. The van der Waals surface area contributed by atoms with Gasteiger partial charge in [0.2, 0.25) is 0 Å². The summed E-state index contributed by atoms with van der Waals surface area (Å²) in [5, 5.41) is 3.80. The fourth-order valence-electron chi connectivity index (χ4n) is 4.17. The maximum absolute atomic E-state index is 12.7. The Labute approximate surface area is 203 Å². The smallest absolute Gasteiger partial charge is 0.341 e. The van der Waals surface area contributed by atoms with Crippen molar-refractivity contribution < 1.29 is 28.6 Å². The van der Waals surface area contributed by atoms with E-state index in [0.717, 1.165) is 25.7 Å². The normalized spacial score (nSPS) is 13.8. The number of anilines is 2. The van der Waals surface area contributed by atoms with Crippen LogP contribution in [0, 0.1) is 0 Å². The van der Waals surface area contributed by atoms with E-state index in [1.165, 1.54) is 19.7 Å². The van der Waals surface area contributed by atoms with Crippen LogP contribution in [0.5, 0.6) is 0 Å². The Balaban J connectivity index is 1.64. The molecule has 8 heteroatoms. The lowest BCUT2D eigenvalue weighted by atomic mass is 9.98. The Morgan fingerprint density at radius 2 is 1.66 bits per heavy atom. The largest absolute Gasteiger partial charge is 0.465 e. The molecule has 1 aromatic heterocycles. The molecule has 8 nitrogen and oxygen atoms in total. The van der Waals surface area contributed by atoms with Gasteiger partial charge in [0.05, 0.1) is 36.0 Å². The van der Waals surface area contributed by atoms with Crippen molar-refractivity contribution in [2.75, 3.05) is 19.0 Å². The van der Waals surface area contributed by atoms with E-state index in [4.69, 9.17) is 14.2 Å². The quantitative estimate of drug-likeness (QED) is 0.356. The van der Waals surface area contributed by atoms with Gasteiger partial charge in [-0.2, -0.15) is 0 Å². The van der Waals surface area contributed by atoms with E-state index in [2.05, 4.69) is 10.3 Å². The van der Waals surface area contributed by atoms with Gasteiger partial charge in [-0.05, 0) is 75.1 Å². The summed E-state index contributed by atoms with van der Waals surface area (Å²) in [5.74, 6) is -1.38. The summed E-state index contributed by atoms with van der Waals surface area (Å²) in [6.45, 7) is 1.93.